The fourth-order valence-electron chi connectivity index (χ4n) is 1.55. The highest BCUT2D eigenvalue weighted by Crippen LogP contribution is 2.16. The SMILES string of the molecule is CCCn1nnnc1COC(=O)c1ccccc1Cl. The van der Waals surface area contributed by atoms with Crippen molar-refractivity contribution in [2.24, 2.45) is 0 Å². The van der Waals surface area contributed by atoms with Crippen molar-refractivity contribution in [2.45, 2.75) is 26.5 Å². The number of hydrogen-bond acceptors (Lipinski definition) is 5. The zero-order chi connectivity index (χ0) is 13.7. The molecule has 19 heavy (non-hydrogen) atoms. The fraction of sp³-hybridized carbons (Fsp3) is 0.333. The molecule has 0 atom stereocenters. The Balaban J connectivity index is 2.01. The van der Waals surface area contributed by atoms with E-state index in [4.69, 9.17) is 16.3 Å². The first kappa shape index (κ1) is 13.5. The van der Waals surface area contributed by atoms with Gasteiger partial charge in [0.1, 0.15) is 0 Å². The van der Waals surface area contributed by atoms with Crippen LogP contribution in [0.25, 0.3) is 0 Å². The van der Waals surface area contributed by atoms with Crippen LogP contribution >= 0.6 is 11.6 Å². The van der Waals surface area contributed by atoms with E-state index in [-0.39, 0.29) is 6.61 Å². The Morgan fingerprint density at radius 3 is 2.95 bits per heavy atom. The molecule has 0 aliphatic rings. The van der Waals surface area contributed by atoms with E-state index in [1.807, 2.05) is 6.92 Å². The summed E-state index contributed by atoms with van der Waals surface area (Å²) < 4.78 is 6.76. The molecule has 1 aromatic carbocycles. The molecule has 7 heteroatoms. The predicted octanol–water partition coefficient (Wildman–Crippen LogP) is 2.09. The molecular formula is C12H13ClN4O2. The number of carbonyl (C=O) groups is 1. The minimum Gasteiger partial charge on any atom is -0.454 e. The van der Waals surface area contributed by atoms with E-state index in [0.717, 1.165) is 6.42 Å². The molecule has 2 rings (SSSR count). The molecule has 1 aromatic heterocycles. The van der Waals surface area contributed by atoms with E-state index in [1.54, 1.807) is 28.9 Å². The lowest BCUT2D eigenvalue weighted by Crippen LogP contribution is -2.11. The van der Waals surface area contributed by atoms with Crippen LogP contribution in [0.1, 0.15) is 29.5 Å². The smallest absolute Gasteiger partial charge is 0.340 e. The highest BCUT2D eigenvalue weighted by molar-refractivity contribution is 6.33. The summed E-state index contributed by atoms with van der Waals surface area (Å²) in [6.45, 7) is 2.73. The minimum absolute atomic E-state index is 0.0249. The average Bonchev–Trinajstić information content (AvgIpc) is 2.84. The van der Waals surface area contributed by atoms with Crippen molar-refractivity contribution in [1.29, 1.82) is 0 Å². The van der Waals surface area contributed by atoms with Crippen molar-refractivity contribution < 1.29 is 9.53 Å². The van der Waals surface area contributed by atoms with E-state index in [1.165, 1.54) is 0 Å². The maximum Gasteiger partial charge on any atom is 0.340 e. The molecule has 0 bridgehead atoms. The molecule has 0 amide bonds. The Morgan fingerprint density at radius 1 is 1.42 bits per heavy atom. The average molecular weight is 281 g/mol. The summed E-state index contributed by atoms with van der Waals surface area (Å²) >= 11 is 5.91. The summed E-state index contributed by atoms with van der Waals surface area (Å²) in [6.07, 6.45) is 0.899. The van der Waals surface area contributed by atoms with Crippen LogP contribution in [0.3, 0.4) is 0 Å². The molecule has 0 N–H and O–H groups in total. The van der Waals surface area contributed by atoms with Gasteiger partial charge in [0.25, 0.3) is 0 Å². The van der Waals surface area contributed by atoms with E-state index < -0.39 is 5.97 Å². The van der Waals surface area contributed by atoms with Crippen LogP contribution in [0.4, 0.5) is 0 Å². The Morgan fingerprint density at radius 2 is 2.21 bits per heavy atom. The van der Waals surface area contributed by atoms with Crippen LogP contribution in [-0.2, 0) is 17.9 Å². The molecule has 6 nitrogen and oxygen atoms in total. The number of aryl methyl sites for hydroxylation is 1. The van der Waals surface area contributed by atoms with E-state index >= 15 is 0 Å². The van der Waals surface area contributed by atoms with Gasteiger partial charge in [-0.15, -0.1) is 5.10 Å². The summed E-state index contributed by atoms with van der Waals surface area (Å²) in [6, 6.07) is 6.73. The maximum atomic E-state index is 11.8. The van der Waals surface area contributed by atoms with Crippen molar-refractivity contribution in [2.75, 3.05) is 0 Å². The van der Waals surface area contributed by atoms with Gasteiger partial charge in [0.05, 0.1) is 10.6 Å². The van der Waals surface area contributed by atoms with E-state index in [2.05, 4.69) is 15.5 Å². The first-order chi connectivity index (χ1) is 9.22. The molecule has 0 saturated heterocycles. The summed E-state index contributed by atoms with van der Waals surface area (Å²) in [7, 11) is 0. The predicted molar refractivity (Wildman–Crippen MR) is 68.7 cm³/mol. The largest absolute Gasteiger partial charge is 0.454 e. The second kappa shape index (κ2) is 6.29. The Hall–Kier alpha value is -1.95. The molecule has 0 saturated carbocycles. The Kier molecular flexibility index (Phi) is 4.46. The highest BCUT2D eigenvalue weighted by atomic mass is 35.5. The van der Waals surface area contributed by atoms with E-state index in [9.17, 15) is 4.79 Å². The van der Waals surface area contributed by atoms with Crippen LogP contribution in [0, 0.1) is 0 Å². The number of tetrazole rings is 1. The summed E-state index contributed by atoms with van der Waals surface area (Å²) in [5.74, 6) is 0.0268. The minimum atomic E-state index is -0.489. The van der Waals surface area contributed by atoms with Gasteiger partial charge in [-0.1, -0.05) is 30.7 Å². The number of aromatic nitrogens is 4. The normalized spacial score (nSPS) is 10.4. The van der Waals surface area contributed by atoms with Gasteiger partial charge in [-0.25, -0.2) is 9.48 Å². The Bertz CT molecular complexity index is 570. The number of nitrogens with zero attached hydrogens (tertiary/aromatic N) is 4. The number of halogens is 1. The lowest BCUT2D eigenvalue weighted by atomic mass is 10.2. The zero-order valence-electron chi connectivity index (χ0n) is 10.4. The topological polar surface area (TPSA) is 69.9 Å². The molecule has 0 spiro atoms. The van der Waals surface area contributed by atoms with Gasteiger partial charge in [-0.05, 0) is 29.0 Å². The second-order valence-electron chi connectivity index (χ2n) is 3.87. The number of ether oxygens (including phenoxy) is 1. The maximum absolute atomic E-state index is 11.8. The number of esters is 1. The number of hydrogen-bond donors (Lipinski definition) is 0. The van der Waals surface area contributed by atoms with Gasteiger partial charge in [0, 0.05) is 6.54 Å². The molecule has 0 unspecified atom stereocenters. The number of rotatable bonds is 5. The molecule has 0 aliphatic heterocycles. The third-order valence-corrected chi connectivity index (χ3v) is 2.80. The van der Waals surface area contributed by atoms with Crippen LogP contribution in [-0.4, -0.2) is 26.2 Å². The third kappa shape index (κ3) is 3.29. The van der Waals surface area contributed by atoms with Crippen molar-refractivity contribution in [3.05, 3.63) is 40.7 Å². The summed E-state index contributed by atoms with van der Waals surface area (Å²) in [5, 5.41) is 11.5. The summed E-state index contributed by atoms with van der Waals surface area (Å²) in [4.78, 5) is 11.8. The fourth-order valence-corrected chi connectivity index (χ4v) is 1.76. The van der Waals surface area contributed by atoms with Gasteiger partial charge in [0.2, 0.25) is 0 Å². The first-order valence-corrected chi connectivity index (χ1v) is 6.27. The van der Waals surface area contributed by atoms with Crippen LogP contribution in [0.15, 0.2) is 24.3 Å². The molecule has 100 valence electrons. The van der Waals surface area contributed by atoms with Crippen molar-refractivity contribution in [3.63, 3.8) is 0 Å². The van der Waals surface area contributed by atoms with Crippen LogP contribution in [0.2, 0.25) is 5.02 Å². The second-order valence-corrected chi connectivity index (χ2v) is 4.28. The number of carbonyl (C=O) groups excluding carboxylic acids is 1. The Labute approximate surface area is 115 Å². The third-order valence-electron chi connectivity index (χ3n) is 2.47. The molecular weight excluding hydrogens is 268 g/mol. The summed E-state index contributed by atoms with van der Waals surface area (Å²) in [5.41, 5.74) is 0.332. The van der Waals surface area contributed by atoms with Crippen LogP contribution in [0.5, 0.6) is 0 Å². The lowest BCUT2D eigenvalue weighted by Gasteiger charge is -2.06. The standard InChI is InChI=1S/C12H13ClN4O2/c1-2-7-17-11(14-15-16-17)8-19-12(18)9-5-3-4-6-10(9)13/h3-6H,2,7-8H2,1H3. The lowest BCUT2D eigenvalue weighted by molar-refractivity contribution is 0.0456. The van der Waals surface area contributed by atoms with Gasteiger partial charge < -0.3 is 4.74 Å². The molecule has 1 heterocycles. The van der Waals surface area contributed by atoms with Gasteiger partial charge in [0.15, 0.2) is 12.4 Å². The van der Waals surface area contributed by atoms with Crippen molar-refractivity contribution in [1.82, 2.24) is 20.2 Å². The van der Waals surface area contributed by atoms with Crippen LogP contribution < -0.4 is 0 Å². The molecule has 0 fully saturated rings. The zero-order valence-corrected chi connectivity index (χ0v) is 11.2. The van der Waals surface area contributed by atoms with E-state index in [0.29, 0.717) is 23.0 Å². The molecule has 0 radical (unpaired) electrons. The molecule has 0 aliphatic carbocycles. The van der Waals surface area contributed by atoms with Gasteiger partial charge in [-0.3, -0.25) is 0 Å². The molecule has 2 aromatic rings. The highest BCUT2D eigenvalue weighted by Gasteiger charge is 2.13. The van der Waals surface area contributed by atoms with Crippen molar-refractivity contribution in [3.8, 4) is 0 Å². The van der Waals surface area contributed by atoms with Gasteiger partial charge >= 0.3 is 5.97 Å². The first-order valence-electron chi connectivity index (χ1n) is 5.89. The number of benzene rings is 1. The monoisotopic (exact) mass is 280 g/mol. The quantitative estimate of drug-likeness (QED) is 0.785. The van der Waals surface area contributed by atoms with Gasteiger partial charge in [-0.2, -0.15) is 0 Å². The van der Waals surface area contributed by atoms with Crippen molar-refractivity contribution >= 4 is 17.6 Å².